The van der Waals surface area contributed by atoms with Crippen molar-refractivity contribution >= 4 is 38.8 Å². The number of amides is 1. The Hall–Kier alpha value is -1.62. The average Bonchev–Trinajstić information content (AvgIpc) is 3.14. The molecule has 164 valence electrons. The van der Waals surface area contributed by atoms with E-state index in [4.69, 9.17) is 9.15 Å². The largest absolute Gasteiger partial charge is 0.431 e. The van der Waals surface area contributed by atoms with Crippen LogP contribution in [0.2, 0.25) is 0 Å². The van der Waals surface area contributed by atoms with Gasteiger partial charge in [-0.2, -0.15) is 4.31 Å². The van der Waals surface area contributed by atoms with Crippen molar-refractivity contribution in [2.75, 3.05) is 31.9 Å². The van der Waals surface area contributed by atoms with E-state index in [1.807, 2.05) is 13.8 Å². The van der Waals surface area contributed by atoms with Gasteiger partial charge in [0.1, 0.15) is 5.52 Å². The van der Waals surface area contributed by atoms with Gasteiger partial charge >= 0.3 is 0 Å². The molecule has 2 aliphatic heterocycles. The van der Waals surface area contributed by atoms with Crippen LogP contribution in [0.25, 0.3) is 11.1 Å². The summed E-state index contributed by atoms with van der Waals surface area (Å²) in [5, 5.41) is 0.361. The number of nitrogens with zero attached hydrogens (tertiary/aromatic N) is 3. The van der Waals surface area contributed by atoms with Gasteiger partial charge in [-0.1, -0.05) is 18.2 Å². The molecule has 0 radical (unpaired) electrons. The van der Waals surface area contributed by atoms with Crippen LogP contribution in [0, 0.1) is 0 Å². The van der Waals surface area contributed by atoms with Gasteiger partial charge in [0.05, 0.1) is 22.9 Å². The molecule has 0 N–H and O–H groups in total. The minimum atomic E-state index is -3.52. The quantitative estimate of drug-likeness (QED) is 0.643. The molecule has 1 aromatic heterocycles. The fraction of sp³-hybridized carbons (Fsp3) is 0.600. The number of hydrogen-bond acceptors (Lipinski definition) is 7. The van der Waals surface area contributed by atoms with Crippen LogP contribution in [0.5, 0.6) is 0 Å². The number of aromatic nitrogens is 1. The zero-order valence-electron chi connectivity index (χ0n) is 17.2. The third-order valence-corrected chi connectivity index (χ3v) is 8.09. The maximum absolute atomic E-state index is 12.9. The maximum atomic E-state index is 12.9. The van der Waals surface area contributed by atoms with E-state index >= 15 is 0 Å². The summed E-state index contributed by atoms with van der Waals surface area (Å²) in [6.45, 7) is 6.19. The van der Waals surface area contributed by atoms with Crippen molar-refractivity contribution in [3.05, 3.63) is 18.2 Å². The molecule has 2 aliphatic rings. The summed E-state index contributed by atoms with van der Waals surface area (Å²) in [7, 11) is -3.52. The fourth-order valence-corrected chi connectivity index (χ4v) is 6.24. The first kappa shape index (κ1) is 21.6. The van der Waals surface area contributed by atoms with Crippen LogP contribution in [0.1, 0.15) is 33.1 Å². The van der Waals surface area contributed by atoms with Gasteiger partial charge in [-0.05, 0) is 44.9 Å². The van der Waals surface area contributed by atoms with Gasteiger partial charge in [0.25, 0.3) is 5.22 Å². The van der Waals surface area contributed by atoms with E-state index in [2.05, 4.69) is 4.98 Å². The number of carbonyl (C=O) groups is 1. The Morgan fingerprint density at radius 3 is 2.57 bits per heavy atom. The van der Waals surface area contributed by atoms with Crippen molar-refractivity contribution < 1.29 is 22.4 Å². The zero-order chi connectivity index (χ0) is 21.3. The number of hydrogen-bond donors (Lipinski definition) is 0. The lowest BCUT2D eigenvalue weighted by Gasteiger charge is -2.35. The van der Waals surface area contributed by atoms with E-state index in [1.165, 1.54) is 16.1 Å². The number of piperidine rings is 1. The van der Waals surface area contributed by atoms with Gasteiger partial charge in [0, 0.05) is 26.2 Å². The third-order valence-electron chi connectivity index (χ3n) is 5.38. The van der Waals surface area contributed by atoms with Crippen LogP contribution in [0.3, 0.4) is 0 Å². The van der Waals surface area contributed by atoms with Crippen molar-refractivity contribution in [1.82, 2.24) is 14.2 Å². The van der Waals surface area contributed by atoms with Crippen LogP contribution in [-0.4, -0.2) is 72.7 Å². The Labute approximate surface area is 181 Å². The second-order valence-electron chi connectivity index (χ2n) is 7.92. The molecule has 2 atom stereocenters. The van der Waals surface area contributed by atoms with Crippen LogP contribution >= 0.6 is 11.8 Å². The number of rotatable bonds is 5. The first-order chi connectivity index (χ1) is 14.3. The highest BCUT2D eigenvalue weighted by Crippen LogP contribution is 2.28. The molecule has 1 aromatic carbocycles. The first-order valence-corrected chi connectivity index (χ1v) is 12.7. The molecule has 4 rings (SSSR count). The molecular weight excluding hydrogens is 426 g/mol. The van der Waals surface area contributed by atoms with Crippen molar-refractivity contribution in [2.24, 2.45) is 0 Å². The summed E-state index contributed by atoms with van der Waals surface area (Å²) in [6, 6.07) is 4.75. The van der Waals surface area contributed by atoms with Crippen LogP contribution < -0.4 is 0 Å². The predicted molar refractivity (Wildman–Crippen MR) is 114 cm³/mol. The summed E-state index contributed by atoms with van der Waals surface area (Å²) in [6.07, 6.45) is 2.89. The second kappa shape index (κ2) is 8.86. The fourth-order valence-electron chi connectivity index (χ4n) is 3.96. The Morgan fingerprint density at radius 2 is 1.87 bits per heavy atom. The standard InChI is InChI=1S/C20H27N3O5S2/c1-14-11-22(12-15(2)27-14)19(24)13-29-20-21-17-10-16(6-7-18(17)28-20)30(25,26)23-8-4-3-5-9-23/h6-7,10,14-15H,3-5,8-9,11-13H2,1-2H3/t14-,15-/m0/s1. The highest BCUT2D eigenvalue weighted by atomic mass is 32.2. The summed E-state index contributed by atoms with van der Waals surface area (Å²) in [5.74, 6) is 0.225. The normalized spacial score (nSPS) is 23.7. The number of ether oxygens (including phenoxy) is 1. The maximum Gasteiger partial charge on any atom is 0.257 e. The lowest BCUT2D eigenvalue weighted by Crippen LogP contribution is -2.48. The molecule has 0 aliphatic carbocycles. The molecular formula is C20H27N3O5S2. The Morgan fingerprint density at radius 1 is 1.17 bits per heavy atom. The summed E-state index contributed by atoms with van der Waals surface area (Å²) < 4.78 is 38.7. The number of morpholine rings is 1. The molecule has 0 unspecified atom stereocenters. The Balaban J connectivity index is 1.44. The molecule has 0 spiro atoms. The van der Waals surface area contributed by atoms with Gasteiger partial charge in [0.2, 0.25) is 15.9 Å². The van der Waals surface area contributed by atoms with E-state index in [0.29, 0.717) is 42.5 Å². The van der Waals surface area contributed by atoms with Crippen molar-refractivity contribution in [3.8, 4) is 0 Å². The molecule has 0 saturated carbocycles. The predicted octanol–water partition coefficient (Wildman–Crippen LogP) is 2.73. The minimum Gasteiger partial charge on any atom is -0.431 e. The van der Waals surface area contributed by atoms with Gasteiger partial charge in [-0.3, -0.25) is 4.79 Å². The SMILES string of the molecule is C[C@H]1CN(C(=O)CSc2nc3cc(S(=O)(=O)N4CCCCC4)ccc3o2)C[C@H](C)O1. The topological polar surface area (TPSA) is 93.0 Å². The smallest absolute Gasteiger partial charge is 0.257 e. The van der Waals surface area contributed by atoms with E-state index in [0.717, 1.165) is 19.3 Å². The molecule has 1 amide bonds. The van der Waals surface area contributed by atoms with Crippen LogP contribution in [-0.2, 0) is 19.6 Å². The number of thioether (sulfide) groups is 1. The Kier molecular flexibility index (Phi) is 6.38. The third kappa shape index (κ3) is 4.66. The van der Waals surface area contributed by atoms with Gasteiger partial charge < -0.3 is 14.1 Å². The summed E-state index contributed by atoms with van der Waals surface area (Å²) in [4.78, 5) is 19.0. The number of oxazole rings is 1. The van der Waals surface area contributed by atoms with Gasteiger partial charge in [0.15, 0.2) is 5.58 Å². The molecule has 3 heterocycles. The van der Waals surface area contributed by atoms with E-state index in [9.17, 15) is 13.2 Å². The monoisotopic (exact) mass is 453 g/mol. The summed E-state index contributed by atoms with van der Waals surface area (Å²) in [5.41, 5.74) is 0.993. The second-order valence-corrected chi connectivity index (χ2v) is 10.8. The lowest BCUT2D eigenvalue weighted by atomic mass is 10.2. The molecule has 2 aromatic rings. The van der Waals surface area contributed by atoms with Crippen molar-refractivity contribution in [3.63, 3.8) is 0 Å². The number of fused-ring (bicyclic) bond motifs is 1. The van der Waals surface area contributed by atoms with E-state index in [-0.39, 0.29) is 28.8 Å². The molecule has 8 nitrogen and oxygen atoms in total. The lowest BCUT2D eigenvalue weighted by molar-refractivity contribution is -0.140. The van der Waals surface area contributed by atoms with E-state index < -0.39 is 10.0 Å². The van der Waals surface area contributed by atoms with Crippen molar-refractivity contribution in [1.29, 1.82) is 0 Å². The Bertz CT molecular complexity index is 1010. The van der Waals surface area contributed by atoms with E-state index in [1.54, 1.807) is 23.1 Å². The number of sulfonamides is 1. The number of benzene rings is 1. The first-order valence-electron chi connectivity index (χ1n) is 10.3. The average molecular weight is 454 g/mol. The van der Waals surface area contributed by atoms with Crippen LogP contribution in [0.15, 0.2) is 32.7 Å². The van der Waals surface area contributed by atoms with Crippen LogP contribution in [0.4, 0.5) is 0 Å². The van der Waals surface area contributed by atoms with Gasteiger partial charge in [-0.25, -0.2) is 13.4 Å². The van der Waals surface area contributed by atoms with Crippen molar-refractivity contribution in [2.45, 2.75) is 55.4 Å². The molecule has 2 fully saturated rings. The molecule has 30 heavy (non-hydrogen) atoms. The molecule has 10 heteroatoms. The summed E-state index contributed by atoms with van der Waals surface area (Å²) >= 11 is 1.22. The molecule has 0 bridgehead atoms. The highest BCUT2D eigenvalue weighted by molar-refractivity contribution is 7.99. The zero-order valence-corrected chi connectivity index (χ0v) is 18.9. The molecule has 2 saturated heterocycles. The minimum absolute atomic E-state index is 0.0117. The number of carbonyl (C=O) groups excluding carboxylic acids is 1. The van der Waals surface area contributed by atoms with Gasteiger partial charge in [-0.15, -0.1) is 0 Å². The highest BCUT2D eigenvalue weighted by Gasteiger charge is 2.28.